The van der Waals surface area contributed by atoms with E-state index in [0.29, 0.717) is 22.4 Å². The lowest BCUT2D eigenvalue weighted by Gasteiger charge is -2.28. The van der Waals surface area contributed by atoms with Crippen LogP contribution in [0.5, 0.6) is 5.75 Å². The molecule has 2 aliphatic rings. The van der Waals surface area contributed by atoms with E-state index in [1.165, 1.54) is 12.0 Å². The lowest BCUT2D eigenvalue weighted by atomic mass is 9.95. The van der Waals surface area contributed by atoms with Crippen LogP contribution in [0.15, 0.2) is 65.5 Å². The summed E-state index contributed by atoms with van der Waals surface area (Å²) in [6, 6.07) is 11.9. The van der Waals surface area contributed by atoms with Crippen molar-refractivity contribution in [3.05, 3.63) is 77.9 Å². The van der Waals surface area contributed by atoms with Gasteiger partial charge in [0.2, 0.25) is 5.71 Å². The Hall–Kier alpha value is -4.73. The Morgan fingerprint density at radius 1 is 1.11 bits per heavy atom. The quantitative estimate of drug-likeness (QED) is 0.430. The number of nitrogens with one attached hydrogen (secondary N) is 2. The molecule has 10 nitrogen and oxygen atoms in total. The number of carbonyl (C=O) groups is 3. The maximum absolute atomic E-state index is 13.2. The average Bonchev–Trinajstić information content (AvgIpc) is 3.53. The molecule has 5 heterocycles. The summed E-state index contributed by atoms with van der Waals surface area (Å²) in [5, 5.41) is 5.62. The lowest BCUT2D eigenvalue weighted by molar-refractivity contribution is -0.125. The Kier molecular flexibility index (Phi) is 4.56. The number of hydrogen-bond donors (Lipinski definition) is 2. The third-order valence-corrected chi connectivity index (χ3v) is 6.35. The number of urea groups is 1. The van der Waals surface area contributed by atoms with Crippen LogP contribution in [0, 0.1) is 0 Å². The molecule has 4 amide bonds. The van der Waals surface area contributed by atoms with E-state index in [-0.39, 0.29) is 24.8 Å². The standard InChI is InChI=1S/C25H19N5O5/c1-34-18-5-4-15-12-30(22(31)19(15)9-18)13-25(23(32)28-24(33)29-25)20-8-16-7-17(11-27-21(16)35-20)14-3-2-6-26-10-14/h2-11H,12-13H2,1H3,(H2,28,29,32,33)/t25-/m0/s1. The molecule has 0 unspecified atom stereocenters. The first kappa shape index (κ1) is 20.8. The minimum Gasteiger partial charge on any atom is -0.497 e. The molecule has 2 N–H and O–H groups in total. The summed E-state index contributed by atoms with van der Waals surface area (Å²) in [5.74, 6) is -0.114. The highest BCUT2D eigenvalue weighted by Crippen LogP contribution is 2.35. The van der Waals surface area contributed by atoms with Crippen molar-refractivity contribution >= 4 is 28.9 Å². The van der Waals surface area contributed by atoms with Crippen molar-refractivity contribution in [3.63, 3.8) is 0 Å². The molecule has 2 aliphatic heterocycles. The summed E-state index contributed by atoms with van der Waals surface area (Å²) >= 11 is 0. The first-order valence-corrected chi connectivity index (χ1v) is 10.9. The Morgan fingerprint density at radius 2 is 2.00 bits per heavy atom. The molecule has 174 valence electrons. The van der Waals surface area contributed by atoms with Crippen LogP contribution in [-0.2, 0) is 16.9 Å². The largest absolute Gasteiger partial charge is 0.497 e. The van der Waals surface area contributed by atoms with Gasteiger partial charge in [-0.25, -0.2) is 9.78 Å². The van der Waals surface area contributed by atoms with Crippen LogP contribution in [-0.4, -0.2) is 46.4 Å². The number of benzene rings is 1. The van der Waals surface area contributed by atoms with Crippen LogP contribution in [0.3, 0.4) is 0 Å². The van der Waals surface area contributed by atoms with Gasteiger partial charge in [0.05, 0.1) is 13.7 Å². The fraction of sp³-hybridized carbons (Fsp3) is 0.160. The summed E-state index contributed by atoms with van der Waals surface area (Å²) in [4.78, 5) is 48.5. The molecule has 10 heteroatoms. The third kappa shape index (κ3) is 3.30. The molecule has 0 spiro atoms. The molecule has 3 aromatic heterocycles. The number of amides is 4. The highest BCUT2D eigenvalue weighted by molar-refractivity contribution is 6.08. The van der Waals surface area contributed by atoms with E-state index in [2.05, 4.69) is 20.6 Å². The Morgan fingerprint density at radius 3 is 2.74 bits per heavy atom. The minimum atomic E-state index is -1.60. The second-order valence-corrected chi connectivity index (χ2v) is 8.47. The monoisotopic (exact) mass is 469 g/mol. The maximum Gasteiger partial charge on any atom is 0.322 e. The number of aromatic nitrogens is 2. The zero-order valence-corrected chi connectivity index (χ0v) is 18.6. The summed E-state index contributed by atoms with van der Waals surface area (Å²) in [5.41, 5.74) is 1.71. The number of imide groups is 1. The van der Waals surface area contributed by atoms with Crippen molar-refractivity contribution in [3.8, 4) is 16.9 Å². The molecule has 6 rings (SSSR count). The number of pyridine rings is 2. The third-order valence-electron chi connectivity index (χ3n) is 6.35. The zero-order valence-electron chi connectivity index (χ0n) is 18.6. The molecule has 1 aromatic carbocycles. The number of carbonyl (C=O) groups excluding carboxylic acids is 3. The van der Waals surface area contributed by atoms with Crippen LogP contribution >= 0.6 is 0 Å². The molecular formula is C25H19N5O5. The van der Waals surface area contributed by atoms with E-state index >= 15 is 0 Å². The van der Waals surface area contributed by atoms with E-state index in [0.717, 1.165) is 16.7 Å². The summed E-state index contributed by atoms with van der Waals surface area (Å²) < 4.78 is 11.2. The van der Waals surface area contributed by atoms with Crippen LogP contribution in [0.2, 0.25) is 0 Å². The number of rotatable bonds is 5. The molecule has 1 saturated heterocycles. The molecule has 1 fully saturated rings. The topological polar surface area (TPSA) is 127 Å². The van der Waals surface area contributed by atoms with Gasteiger partial charge in [-0.05, 0) is 35.9 Å². The lowest BCUT2D eigenvalue weighted by Crippen LogP contribution is -2.52. The van der Waals surface area contributed by atoms with Gasteiger partial charge < -0.3 is 19.4 Å². The van der Waals surface area contributed by atoms with Crippen molar-refractivity contribution in [1.82, 2.24) is 25.5 Å². The molecule has 0 radical (unpaired) electrons. The van der Waals surface area contributed by atoms with Crippen molar-refractivity contribution in [2.24, 2.45) is 0 Å². The zero-order chi connectivity index (χ0) is 24.2. The predicted molar refractivity (Wildman–Crippen MR) is 123 cm³/mol. The molecule has 0 aliphatic carbocycles. The van der Waals surface area contributed by atoms with E-state index in [1.54, 1.807) is 36.8 Å². The van der Waals surface area contributed by atoms with Gasteiger partial charge in [-0.15, -0.1) is 0 Å². The van der Waals surface area contributed by atoms with Gasteiger partial charge >= 0.3 is 6.03 Å². The molecule has 0 saturated carbocycles. The highest BCUT2D eigenvalue weighted by atomic mass is 16.5. The second kappa shape index (κ2) is 7.66. The predicted octanol–water partition coefficient (Wildman–Crippen LogP) is 2.59. The number of hydrogen-bond acceptors (Lipinski definition) is 7. The van der Waals surface area contributed by atoms with Crippen LogP contribution in [0.1, 0.15) is 21.7 Å². The van der Waals surface area contributed by atoms with Crippen LogP contribution < -0.4 is 15.4 Å². The number of fused-ring (bicyclic) bond motifs is 2. The average molecular weight is 469 g/mol. The molecule has 35 heavy (non-hydrogen) atoms. The fourth-order valence-corrected chi connectivity index (χ4v) is 4.57. The number of methoxy groups -OCH3 is 1. The SMILES string of the molecule is COc1ccc2c(c1)C(=O)N(C[C@@]1(c3cc4cc(-c5cccnc5)cnc4o3)NC(=O)NC1=O)C2. The molecule has 4 aromatic rings. The first-order chi connectivity index (χ1) is 17.0. The van der Waals surface area contributed by atoms with Gasteiger partial charge in [0.1, 0.15) is 11.5 Å². The van der Waals surface area contributed by atoms with Gasteiger partial charge in [0, 0.05) is 47.2 Å². The van der Waals surface area contributed by atoms with E-state index in [1.807, 2.05) is 24.3 Å². The van der Waals surface area contributed by atoms with Gasteiger partial charge in [-0.3, -0.25) is 19.9 Å². The summed E-state index contributed by atoms with van der Waals surface area (Å²) in [6.07, 6.45) is 5.06. The maximum atomic E-state index is 13.2. The van der Waals surface area contributed by atoms with Crippen molar-refractivity contribution in [2.75, 3.05) is 13.7 Å². The normalized spacial score (nSPS) is 19.1. The minimum absolute atomic E-state index is 0.115. The Balaban J connectivity index is 1.38. The molecule has 1 atom stereocenters. The highest BCUT2D eigenvalue weighted by Gasteiger charge is 2.53. The smallest absolute Gasteiger partial charge is 0.322 e. The van der Waals surface area contributed by atoms with Gasteiger partial charge in [-0.1, -0.05) is 12.1 Å². The van der Waals surface area contributed by atoms with Gasteiger partial charge in [0.15, 0.2) is 5.54 Å². The van der Waals surface area contributed by atoms with Gasteiger partial charge in [-0.2, -0.15) is 0 Å². The Labute approximate surface area is 198 Å². The van der Waals surface area contributed by atoms with Crippen molar-refractivity contribution < 1.29 is 23.5 Å². The second-order valence-electron chi connectivity index (χ2n) is 8.47. The van der Waals surface area contributed by atoms with E-state index < -0.39 is 17.5 Å². The fourth-order valence-electron chi connectivity index (χ4n) is 4.57. The summed E-state index contributed by atoms with van der Waals surface area (Å²) in [7, 11) is 1.53. The van der Waals surface area contributed by atoms with Crippen LogP contribution in [0.25, 0.3) is 22.2 Å². The van der Waals surface area contributed by atoms with Gasteiger partial charge in [0.25, 0.3) is 11.8 Å². The van der Waals surface area contributed by atoms with Crippen LogP contribution in [0.4, 0.5) is 4.79 Å². The number of furan rings is 1. The van der Waals surface area contributed by atoms with E-state index in [9.17, 15) is 14.4 Å². The van der Waals surface area contributed by atoms with Crippen molar-refractivity contribution in [1.29, 1.82) is 0 Å². The number of nitrogens with zero attached hydrogens (tertiary/aromatic N) is 3. The molecular weight excluding hydrogens is 450 g/mol. The van der Waals surface area contributed by atoms with E-state index in [4.69, 9.17) is 9.15 Å². The number of ether oxygens (including phenoxy) is 1. The Bertz CT molecular complexity index is 1520. The molecule has 0 bridgehead atoms. The first-order valence-electron chi connectivity index (χ1n) is 10.9. The van der Waals surface area contributed by atoms with Crippen molar-refractivity contribution in [2.45, 2.75) is 12.1 Å². The summed E-state index contributed by atoms with van der Waals surface area (Å²) in [6.45, 7) is 0.169.